The van der Waals surface area contributed by atoms with Crippen LogP contribution in [0.3, 0.4) is 0 Å². The summed E-state index contributed by atoms with van der Waals surface area (Å²) in [6.45, 7) is 3.33. The third-order valence-corrected chi connectivity index (χ3v) is 5.22. The van der Waals surface area contributed by atoms with Gasteiger partial charge in [0.1, 0.15) is 11.5 Å². The minimum atomic E-state index is -1.26. The third-order valence-electron chi connectivity index (χ3n) is 5.22. The van der Waals surface area contributed by atoms with E-state index in [-0.39, 0.29) is 6.09 Å². The highest BCUT2D eigenvalue weighted by Crippen LogP contribution is 2.29. The Kier molecular flexibility index (Phi) is 11.3. The summed E-state index contributed by atoms with van der Waals surface area (Å²) in [5.41, 5.74) is 2.33. The number of hydrogen-bond acceptors (Lipinski definition) is 6. The summed E-state index contributed by atoms with van der Waals surface area (Å²) < 4.78 is 10.7. The Labute approximate surface area is 205 Å². The summed E-state index contributed by atoms with van der Waals surface area (Å²) in [6, 6.07) is 16.1. The number of hydrogen-bond donors (Lipinski definition) is 2. The minimum Gasteiger partial charge on any atom is -0.497 e. The summed E-state index contributed by atoms with van der Waals surface area (Å²) in [6.07, 6.45) is 4.05. The van der Waals surface area contributed by atoms with Crippen molar-refractivity contribution in [3.8, 4) is 11.5 Å². The van der Waals surface area contributed by atoms with Gasteiger partial charge < -0.3 is 29.5 Å². The molecule has 1 heterocycles. The van der Waals surface area contributed by atoms with Gasteiger partial charge in [-0.2, -0.15) is 0 Å². The smallest absolute Gasteiger partial charge is 0.415 e. The van der Waals surface area contributed by atoms with Crippen LogP contribution in [0.2, 0.25) is 0 Å². The number of rotatable bonds is 11. The average molecular weight is 485 g/mol. The number of unbranched alkanes of at least 4 members (excludes halogenated alkanes) is 2. The normalized spacial score (nSPS) is 12.5. The number of carbonyl (C=O) groups is 3. The number of carbonyl (C=O) groups excluding carboxylic acids is 1. The number of aliphatic carboxylic acids is 2. The van der Waals surface area contributed by atoms with E-state index in [1.807, 2.05) is 18.2 Å². The Morgan fingerprint density at radius 2 is 1.74 bits per heavy atom. The lowest BCUT2D eigenvalue weighted by Crippen LogP contribution is -2.37. The van der Waals surface area contributed by atoms with Crippen LogP contribution >= 0.6 is 0 Å². The van der Waals surface area contributed by atoms with Crippen molar-refractivity contribution in [1.82, 2.24) is 9.80 Å². The molecule has 0 saturated carbocycles. The van der Waals surface area contributed by atoms with Crippen LogP contribution in [0.5, 0.6) is 11.5 Å². The van der Waals surface area contributed by atoms with Crippen molar-refractivity contribution >= 4 is 18.0 Å². The Hall–Kier alpha value is -3.85. The molecule has 1 aliphatic heterocycles. The van der Waals surface area contributed by atoms with Crippen LogP contribution in [0, 0.1) is 0 Å². The lowest BCUT2D eigenvalue weighted by atomic mass is 10.1. The SMILES string of the molecule is COc1ccc2c(c1)CN(CCCCCN(C)Cc1ccccc1)C(=O)O2.O=C(O)/C=C/C(=O)O. The average Bonchev–Trinajstić information content (AvgIpc) is 2.83. The second-order valence-electron chi connectivity index (χ2n) is 8.06. The zero-order valence-electron chi connectivity index (χ0n) is 20.1. The van der Waals surface area contributed by atoms with Crippen molar-refractivity contribution in [2.24, 2.45) is 0 Å². The van der Waals surface area contributed by atoms with Crippen molar-refractivity contribution in [1.29, 1.82) is 0 Å². The van der Waals surface area contributed by atoms with E-state index in [1.54, 1.807) is 18.1 Å². The Morgan fingerprint density at radius 3 is 2.37 bits per heavy atom. The maximum Gasteiger partial charge on any atom is 0.415 e. The van der Waals surface area contributed by atoms with Gasteiger partial charge in [0.25, 0.3) is 0 Å². The van der Waals surface area contributed by atoms with Gasteiger partial charge in [0.15, 0.2) is 0 Å². The van der Waals surface area contributed by atoms with Gasteiger partial charge in [-0.3, -0.25) is 0 Å². The van der Waals surface area contributed by atoms with Gasteiger partial charge in [0.2, 0.25) is 0 Å². The van der Waals surface area contributed by atoms with E-state index < -0.39 is 11.9 Å². The van der Waals surface area contributed by atoms with Crippen molar-refractivity contribution < 1.29 is 34.1 Å². The first-order valence-corrected chi connectivity index (χ1v) is 11.3. The quantitative estimate of drug-likeness (QED) is 0.363. The van der Waals surface area contributed by atoms with E-state index in [4.69, 9.17) is 19.7 Å². The van der Waals surface area contributed by atoms with E-state index in [9.17, 15) is 14.4 Å². The maximum atomic E-state index is 12.2. The molecule has 3 rings (SSSR count). The zero-order valence-corrected chi connectivity index (χ0v) is 20.1. The molecule has 0 aromatic heterocycles. The summed E-state index contributed by atoms with van der Waals surface area (Å²) in [5, 5.41) is 15.6. The molecule has 2 aromatic carbocycles. The van der Waals surface area contributed by atoms with Gasteiger partial charge in [-0.25, -0.2) is 14.4 Å². The number of nitrogens with zero attached hydrogens (tertiary/aromatic N) is 2. The number of ether oxygens (including phenoxy) is 2. The molecule has 35 heavy (non-hydrogen) atoms. The first kappa shape index (κ1) is 27.4. The molecule has 0 saturated heterocycles. The highest BCUT2D eigenvalue weighted by molar-refractivity contribution is 5.89. The van der Waals surface area contributed by atoms with Crippen LogP contribution in [0.4, 0.5) is 4.79 Å². The van der Waals surface area contributed by atoms with Crippen LogP contribution < -0.4 is 9.47 Å². The molecular formula is C26H32N2O7. The van der Waals surface area contributed by atoms with E-state index in [0.29, 0.717) is 24.4 Å². The molecule has 0 aliphatic carbocycles. The molecule has 0 atom stereocenters. The molecular weight excluding hydrogens is 452 g/mol. The van der Waals surface area contributed by atoms with Crippen molar-refractivity contribution in [2.75, 3.05) is 27.2 Å². The highest BCUT2D eigenvalue weighted by atomic mass is 16.6. The maximum absolute atomic E-state index is 12.2. The summed E-state index contributed by atoms with van der Waals surface area (Å²) in [4.78, 5) is 35.4. The van der Waals surface area contributed by atoms with Crippen LogP contribution in [-0.4, -0.2) is 65.3 Å². The fourth-order valence-corrected chi connectivity index (χ4v) is 3.48. The predicted molar refractivity (Wildman–Crippen MR) is 130 cm³/mol. The molecule has 1 aliphatic rings. The lowest BCUT2D eigenvalue weighted by Gasteiger charge is -2.28. The van der Waals surface area contributed by atoms with E-state index in [0.717, 1.165) is 50.2 Å². The number of methoxy groups -OCH3 is 1. The first-order valence-electron chi connectivity index (χ1n) is 11.3. The number of amides is 1. The molecule has 0 radical (unpaired) electrons. The van der Waals surface area contributed by atoms with Gasteiger partial charge in [0, 0.05) is 30.8 Å². The number of benzene rings is 2. The second kappa shape index (κ2) is 14.4. The first-order chi connectivity index (χ1) is 16.8. The van der Waals surface area contributed by atoms with Crippen molar-refractivity contribution in [3.63, 3.8) is 0 Å². The van der Waals surface area contributed by atoms with Crippen LogP contribution in [0.15, 0.2) is 60.7 Å². The van der Waals surface area contributed by atoms with Crippen molar-refractivity contribution in [3.05, 3.63) is 71.8 Å². The molecule has 2 aromatic rings. The molecule has 2 N–H and O–H groups in total. The molecule has 0 unspecified atom stereocenters. The third kappa shape index (κ3) is 10.3. The summed E-state index contributed by atoms with van der Waals surface area (Å²) in [7, 11) is 3.79. The molecule has 0 bridgehead atoms. The van der Waals surface area contributed by atoms with Crippen LogP contribution in [-0.2, 0) is 22.7 Å². The number of carboxylic acid groups (broad SMARTS) is 2. The Morgan fingerprint density at radius 1 is 1.06 bits per heavy atom. The Balaban J connectivity index is 0.000000466. The van der Waals surface area contributed by atoms with Gasteiger partial charge >= 0.3 is 18.0 Å². The van der Waals surface area contributed by atoms with Crippen LogP contribution in [0.1, 0.15) is 30.4 Å². The molecule has 0 spiro atoms. The molecule has 9 nitrogen and oxygen atoms in total. The van der Waals surface area contributed by atoms with Crippen LogP contribution in [0.25, 0.3) is 0 Å². The molecule has 0 fully saturated rings. The monoisotopic (exact) mass is 484 g/mol. The molecule has 1 amide bonds. The molecule has 188 valence electrons. The van der Waals surface area contributed by atoms with Gasteiger partial charge in [-0.15, -0.1) is 0 Å². The summed E-state index contributed by atoms with van der Waals surface area (Å²) >= 11 is 0. The highest BCUT2D eigenvalue weighted by Gasteiger charge is 2.24. The second-order valence-corrected chi connectivity index (χ2v) is 8.06. The summed E-state index contributed by atoms with van der Waals surface area (Å²) in [5.74, 6) is -1.09. The largest absolute Gasteiger partial charge is 0.497 e. The zero-order chi connectivity index (χ0) is 25.6. The number of carboxylic acids is 2. The lowest BCUT2D eigenvalue weighted by molar-refractivity contribution is -0.134. The topological polar surface area (TPSA) is 117 Å². The predicted octanol–water partition coefficient (Wildman–Crippen LogP) is 4.02. The van der Waals surface area contributed by atoms with E-state index in [2.05, 4.69) is 36.2 Å². The van der Waals surface area contributed by atoms with Gasteiger partial charge in [-0.05, 0) is 50.2 Å². The minimum absolute atomic E-state index is 0.256. The standard InChI is InChI=1S/C22H28N2O3.C4H4O4/c1-23(16-18-9-5-3-6-10-18)13-7-4-8-14-24-17-19-15-20(26-2)11-12-21(19)27-22(24)25;5-3(6)1-2-4(7)8/h3,5-6,9-12,15H,4,7-8,13-14,16-17H2,1-2H3;1-2H,(H,5,6)(H,7,8)/b;2-1+. The van der Waals surface area contributed by atoms with E-state index >= 15 is 0 Å². The number of fused-ring (bicyclic) bond motifs is 1. The van der Waals surface area contributed by atoms with Gasteiger partial charge in [-0.1, -0.05) is 36.8 Å². The van der Waals surface area contributed by atoms with Gasteiger partial charge in [0.05, 0.1) is 13.7 Å². The fourth-order valence-electron chi connectivity index (χ4n) is 3.48. The fraction of sp³-hybridized carbons (Fsp3) is 0.346. The van der Waals surface area contributed by atoms with E-state index in [1.165, 1.54) is 5.56 Å². The molecule has 9 heteroatoms. The Bertz CT molecular complexity index is 992. The van der Waals surface area contributed by atoms with Crippen molar-refractivity contribution in [2.45, 2.75) is 32.4 Å².